The third kappa shape index (κ3) is 3.38. The molecule has 0 amide bonds. The van der Waals surface area contributed by atoms with Crippen molar-refractivity contribution >= 4 is 26.0 Å². The van der Waals surface area contributed by atoms with Gasteiger partial charge in [0.05, 0.1) is 4.90 Å². The summed E-state index contributed by atoms with van der Waals surface area (Å²) in [6.07, 6.45) is 3.11. The molecule has 1 aliphatic rings. The van der Waals surface area contributed by atoms with E-state index in [4.69, 9.17) is 0 Å². The molecule has 1 N–H and O–H groups in total. The van der Waals surface area contributed by atoms with Gasteiger partial charge in [-0.25, -0.2) is 13.1 Å². The molecule has 3 nitrogen and oxygen atoms in total. The number of hydrogen-bond acceptors (Lipinski definition) is 2. The highest BCUT2D eigenvalue weighted by Crippen LogP contribution is 2.28. The van der Waals surface area contributed by atoms with E-state index in [-0.39, 0.29) is 6.04 Å². The monoisotopic (exact) mass is 345 g/mol. The number of halogens is 1. The summed E-state index contributed by atoms with van der Waals surface area (Å²) < 4.78 is 27.6. The SMILES string of the molecule is Cc1ccc(S(=O)(=O)NC2CCCC2CBr)cc1C. The lowest BCUT2D eigenvalue weighted by atomic mass is 10.1. The Balaban J connectivity index is 2.20. The van der Waals surface area contributed by atoms with E-state index in [1.54, 1.807) is 12.1 Å². The molecule has 2 rings (SSSR count). The number of benzene rings is 1. The number of nitrogens with one attached hydrogen (secondary N) is 1. The molecule has 106 valence electrons. The maximum Gasteiger partial charge on any atom is 0.240 e. The molecule has 5 heteroatoms. The zero-order valence-corrected chi connectivity index (χ0v) is 13.7. The van der Waals surface area contributed by atoms with Gasteiger partial charge in [-0.05, 0) is 55.9 Å². The molecule has 1 aliphatic carbocycles. The third-order valence-corrected chi connectivity index (χ3v) is 6.27. The van der Waals surface area contributed by atoms with Crippen molar-refractivity contribution in [3.63, 3.8) is 0 Å². The molecule has 1 aromatic carbocycles. The zero-order valence-electron chi connectivity index (χ0n) is 11.3. The van der Waals surface area contributed by atoms with Gasteiger partial charge in [0.15, 0.2) is 0 Å². The summed E-state index contributed by atoms with van der Waals surface area (Å²) in [6.45, 7) is 3.92. The van der Waals surface area contributed by atoms with Crippen LogP contribution in [0.4, 0.5) is 0 Å². The lowest BCUT2D eigenvalue weighted by molar-refractivity contribution is 0.484. The number of rotatable bonds is 4. The largest absolute Gasteiger partial charge is 0.240 e. The van der Waals surface area contributed by atoms with Crippen LogP contribution in [0.1, 0.15) is 30.4 Å². The standard InChI is InChI=1S/C14H20BrNO2S/c1-10-6-7-13(8-11(10)2)19(17,18)16-14-5-3-4-12(14)9-15/h6-8,12,14,16H,3-5,9H2,1-2H3. The Hall–Kier alpha value is -0.390. The molecule has 1 aromatic rings. The minimum Gasteiger partial charge on any atom is -0.208 e. The minimum atomic E-state index is -3.40. The lowest BCUT2D eigenvalue weighted by Crippen LogP contribution is -2.37. The van der Waals surface area contributed by atoms with Gasteiger partial charge in [0.1, 0.15) is 0 Å². The lowest BCUT2D eigenvalue weighted by Gasteiger charge is -2.19. The fraction of sp³-hybridized carbons (Fsp3) is 0.571. The van der Waals surface area contributed by atoms with Crippen LogP contribution in [0, 0.1) is 19.8 Å². The predicted octanol–water partition coefficient (Wildman–Crippen LogP) is 3.15. The molecule has 0 bridgehead atoms. The van der Waals surface area contributed by atoms with Gasteiger partial charge in [-0.2, -0.15) is 0 Å². The van der Waals surface area contributed by atoms with Crippen LogP contribution in [0.15, 0.2) is 23.1 Å². The Morgan fingerprint density at radius 3 is 2.63 bits per heavy atom. The van der Waals surface area contributed by atoms with Crippen molar-refractivity contribution in [2.45, 2.75) is 44.0 Å². The second-order valence-corrected chi connectivity index (χ2v) is 7.68. The summed E-state index contributed by atoms with van der Waals surface area (Å²) in [4.78, 5) is 0.371. The van der Waals surface area contributed by atoms with Crippen molar-refractivity contribution in [3.8, 4) is 0 Å². The fourth-order valence-electron chi connectivity index (χ4n) is 2.53. The molecule has 0 saturated heterocycles. The van der Waals surface area contributed by atoms with Gasteiger partial charge in [-0.3, -0.25) is 0 Å². The van der Waals surface area contributed by atoms with Crippen LogP contribution >= 0.6 is 15.9 Å². The van der Waals surface area contributed by atoms with E-state index in [1.165, 1.54) is 0 Å². The predicted molar refractivity (Wildman–Crippen MR) is 81.2 cm³/mol. The first-order valence-electron chi connectivity index (χ1n) is 6.59. The quantitative estimate of drug-likeness (QED) is 0.852. The Bertz CT molecular complexity index is 557. The molecule has 2 atom stereocenters. The first-order valence-corrected chi connectivity index (χ1v) is 9.20. The second-order valence-electron chi connectivity index (χ2n) is 5.32. The highest BCUT2D eigenvalue weighted by atomic mass is 79.9. The van der Waals surface area contributed by atoms with Crippen LogP contribution in [0.5, 0.6) is 0 Å². The van der Waals surface area contributed by atoms with Crippen LogP contribution in [-0.4, -0.2) is 19.8 Å². The van der Waals surface area contributed by atoms with E-state index in [2.05, 4.69) is 20.7 Å². The van der Waals surface area contributed by atoms with Crippen LogP contribution in [0.25, 0.3) is 0 Å². The van der Waals surface area contributed by atoms with Gasteiger partial charge in [-0.15, -0.1) is 0 Å². The van der Waals surface area contributed by atoms with Crippen LogP contribution in [0.3, 0.4) is 0 Å². The maximum atomic E-state index is 12.4. The molecule has 0 aromatic heterocycles. The molecule has 1 saturated carbocycles. The van der Waals surface area contributed by atoms with Gasteiger partial charge in [0.2, 0.25) is 10.0 Å². The molecule has 0 heterocycles. The Kier molecular flexibility index (Phi) is 4.69. The average Bonchev–Trinajstić information content (AvgIpc) is 2.79. The molecule has 0 aliphatic heterocycles. The van der Waals surface area contributed by atoms with Crippen molar-refractivity contribution < 1.29 is 8.42 Å². The van der Waals surface area contributed by atoms with Gasteiger partial charge in [-0.1, -0.05) is 28.4 Å². The van der Waals surface area contributed by atoms with Crippen LogP contribution in [0.2, 0.25) is 0 Å². The van der Waals surface area contributed by atoms with E-state index in [0.717, 1.165) is 35.7 Å². The van der Waals surface area contributed by atoms with Crippen molar-refractivity contribution in [1.82, 2.24) is 4.72 Å². The van der Waals surface area contributed by atoms with Crippen molar-refractivity contribution in [2.75, 3.05) is 5.33 Å². The highest BCUT2D eigenvalue weighted by molar-refractivity contribution is 9.09. The number of hydrogen-bond donors (Lipinski definition) is 1. The topological polar surface area (TPSA) is 46.2 Å². The van der Waals surface area contributed by atoms with Crippen molar-refractivity contribution in [2.24, 2.45) is 5.92 Å². The minimum absolute atomic E-state index is 0.0611. The Morgan fingerprint density at radius 2 is 2.00 bits per heavy atom. The Labute approximate surface area is 124 Å². The third-order valence-electron chi connectivity index (χ3n) is 3.95. The van der Waals surface area contributed by atoms with Crippen LogP contribution in [-0.2, 0) is 10.0 Å². The summed E-state index contributed by atoms with van der Waals surface area (Å²) in [6, 6.07) is 5.35. The highest BCUT2D eigenvalue weighted by Gasteiger charge is 2.30. The van der Waals surface area contributed by atoms with E-state index in [0.29, 0.717) is 10.8 Å². The summed E-state index contributed by atoms with van der Waals surface area (Å²) in [5.41, 5.74) is 2.12. The van der Waals surface area contributed by atoms with Gasteiger partial charge in [0.25, 0.3) is 0 Å². The normalized spacial score (nSPS) is 23.7. The number of sulfonamides is 1. The van der Waals surface area contributed by atoms with E-state index in [9.17, 15) is 8.42 Å². The second kappa shape index (κ2) is 5.94. The molecular formula is C14H20BrNO2S. The summed E-state index contributed by atoms with van der Waals surface area (Å²) in [5.74, 6) is 0.404. The molecule has 0 spiro atoms. The molecule has 2 unspecified atom stereocenters. The van der Waals surface area contributed by atoms with E-state index < -0.39 is 10.0 Å². The number of aryl methyl sites for hydroxylation is 2. The van der Waals surface area contributed by atoms with Crippen LogP contribution < -0.4 is 4.72 Å². The van der Waals surface area contributed by atoms with E-state index in [1.807, 2.05) is 19.9 Å². The zero-order chi connectivity index (χ0) is 14.0. The first-order chi connectivity index (χ1) is 8.94. The average molecular weight is 346 g/mol. The van der Waals surface area contributed by atoms with Crippen molar-refractivity contribution in [3.05, 3.63) is 29.3 Å². The molecule has 1 fully saturated rings. The summed E-state index contributed by atoms with van der Waals surface area (Å²) in [7, 11) is -3.40. The van der Waals surface area contributed by atoms with Gasteiger partial charge >= 0.3 is 0 Å². The smallest absolute Gasteiger partial charge is 0.208 e. The van der Waals surface area contributed by atoms with Gasteiger partial charge < -0.3 is 0 Å². The number of alkyl halides is 1. The van der Waals surface area contributed by atoms with Gasteiger partial charge in [0, 0.05) is 11.4 Å². The first kappa shape index (κ1) is 15.0. The molecule has 19 heavy (non-hydrogen) atoms. The molecular weight excluding hydrogens is 326 g/mol. The molecule has 0 radical (unpaired) electrons. The van der Waals surface area contributed by atoms with E-state index >= 15 is 0 Å². The fourth-order valence-corrected chi connectivity index (χ4v) is 4.72. The summed E-state index contributed by atoms with van der Waals surface area (Å²) >= 11 is 3.47. The maximum absolute atomic E-state index is 12.4. The summed E-state index contributed by atoms with van der Waals surface area (Å²) in [5, 5.41) is 0.854. The Morgan fingerprint density at radius 1 is 1.26 bits per heavy atom. The van der Waals surface area contributed by atoms with Crippen molar-refractivity contribution in [1.29, 1.82) is 0 Å².